The predicted molar refractivity (Wildman–Crippen MR) is 75.2 cm³/mol. The van der Waals surface area contributed by atoms with Crippen LogP contribution in [0.15, 0.2) is 24.5 Å². The van der Waals surface area contributed by atoms with Crippen LogP contribution in [0.25, 0.3) is 0 Å². The first kappa shape index (κ1) is 14.0. The number of carbonyl (C=O) groups is 2. The normalized spacial score (nSPS) is 21.1. The van der Waals surface area contributed by atoms with Gasteiger partial charge in [0.25, 0.3) is 5.91 Å². The monoisotopic (exact) mass is 289 g/mol. The van der Waals surface area contributed by atoms with E-state index in [2.05, 4.69) is 4.98 Å². The van der Waals surface area contributed by atoms with E-state index in [4.69, 9.17) is 4.84 Å². The molecule has 2 aliphatic heterocycles. The van der Waals surface area contributed by atoms with Crippen molar-refractivity contribution in [2.45, 2.75) is 31.8 Å². The molecule has 0 aromatic carbocycles. The second-order valence-electron chi connectivity index (χ2n) is 5.57. The summed E-state index contributed by atoms with van der Waals surface area (Å²) in [7, 11) is 0. The molecule has 2 saturated heterocycles. The number of carbonyl (C=O) groups excluding carboxylic acids is 2. The Labute approximate surface area is 123 Å². The van der Waals surface area contributed by atoms with Crippen LogP contribution < -0.4 is 0 Å². The van der Waals surface area contributed by atoms with Crippen LogP contribution in [0.3, 0.4) is 0 Å². The zero-order chi connectivity index (χ0) is 14.9. The highest BCUT2D eigenvalue weighted by Crippen LogP contribution is 2.36. The second kappa shape index (κ2) is 5.44. The Kier molecular flexibility index (Phi) is 3.63. The third-order valence-electron chi connectivity index (χ3n) is 4.21. The molecule has 6 nitrogen and oxygen atoms in total. The van der Waals surface area contributed by atoms with Crippen LogP contribution in [0, 0.1) is 0 Å². The fourth-order valence-corrected chi connectivity index (χ4v) is 2.98. The van der Waals surface area contributed by atoms with Gasteiger partial charge in [0, 0.05) is 32.0 Å². The van der Waals surface area contributed by atoms with E-state index in [-0.39, 0.29) is 11.8 Å². The van der Waals surface area contributed by atoms with Gasteiger partial charge in [0.05, 0.1) is 12.0 Å². The molecule has 2 aliphatic rings. The van der Waals surface area contributed by atoms with E-state index in [1.54, 1.807) is 24.5 Å². The van der Waals surface area contributed by atoms with E-state index in [0.29, 0.717) is 44.5 Å². The van der Waals surface area contributed by atoms with E-state index in [0.717, 1.165) is 0 Å². The zero-order valence-electron chi connectivity index (χ0n) is 12.1. The average Bonchev–Trinajstić information content (AvgIpc) is 2.84. The summed E-state index contributed by atoms with van der Waals surface area (Å²) in [5.74, 6) is 0.0409. The number of rotatable bonds is 2. The SMILES string of the molecule is CCN1OC2(CCN(C(=O)c3cccnc3)CC2)CC1=O. The van der Waals surface area contributed by atoms with Gasteiger partial charge in [-0.05, 0) is 31.9 Å². The molecular weight excluding hydrogens is 270 g/mol. The second-order valence-corrected chi connectivity index (χ2v) is 5.57. The molecule has 0 saturated carbocycles. The number of pyridine rings is 1. The molecule has 3 rings (SSSR count). The lowest BCUT2D eigenvalue weighted by molar-refractivity contribution is -0.206. The summed E-state index contributed by atoms with van der Waals surface area (Å²) < 4.78 is 0. The largest absolute Gasteiger partial charge is 0.338 e. The molecule has 0 N–H and O–H groups in total. The summed E-state index contributed by atoms with van der Waals surface area (Å²) in [5, 5.41) is 1.44. The van der Waals surface area contributed by atoms with Crippen molar-refractivity contribution in [1.82, 2.24) is 14.9 Å². The van der Waals surface area contributed by atoms with Crippen molar-refractivity contribution in [2.75, 3.05) is 19.6 Å². The van der Waals surface area contributed by atoms with Gasteiger partial charge in [-0.1, -0.05) is 0 Å². The summed E-state index contributed by atoms with van der Waals surface area (Å²) in [5.41, 5.74) is 0.200. The van der Waals surface area contributed by atoms with Crippen molar-refractivity contribution in [3.63, 3.8) is 0 Å². The van der Waals surface area contributed by atoms with Crippen LogP contribution in [0.5, 0.6) is 0 Å². The Balaban J connectivity index is 1.63. The number of amides is 2. The van der Waals surface area contributed by atoms with Crippen molar-refractivity contribution >= 4 is 11.8 Å². The Morgan fingerprint density at radius 2 is 2.19 bits per heavy atom. The molecule has 0 radical (unpaired) electrons. The van der Waals surface area contributed by atoms with Crippen LogP contribution in [-0.2, 0) is 9.63 Å². The van der Waals surface area contributed by atoms with E-state index >= 15 is 0 Å². The van der Waals surface area contributed by atoms with E-state index in [1.807, 2.05) is 11.8 Å². The molecule has 6 heteroatoms. The van der Waals surface area contributed by atoms with Gasteiger partial charge in [-0.3, -0.25) is 19.4 Å². The number of nitrogens with zero attached hydrogens (tertiary/aromatic N) is 3. The lowest BCUT2D eigenvalue weighted by Crippen LogP contribution is -2.47. The molecule has 2 fully saturated rings. The van der Waals surface area contributed by atoms with Gasteiger partial charge in [-0.15, -0.1) is 0 Å². The number of likely N-dealkylation sites (tertiary alicyclic amines) is 1. The summed E-state index contributed by atoms with van der Waals surface area (Å²) in [6, 6.07) is 3.53. The number of aromatic nitrogens is 1. The maximum absolute atomic E-state index is 12.4. The molecule has 0 bridgehead atoms. The minimum absolute atomic E-state index is 0.00498. The molecule has 2 amide bonds. The summed E-state index contributed by atoms with van der Waals surface area (Å²) in [6.45, 7) is 3.69. The maximum atomic E-state index is 12.4. The third-order valence-corrected chi connectivity index (χ3v) is 4.21. The average molecular weight is 289 g/mol. The van der Waals surface area contributed by atoms with Gasteiger partial charge in [-0.25, -0.2) is 5.06 Å². The third kappa shape index (κ3) is 2.63. The minimum atomic E-state index is -0.404. The Morgan fingerprint density at radius 1 is 1.43 bits per heavy atom. The van der Waals surface area contributed by atoms with Crippen LogP contribution in [0.2, 0.25) is 0 Å². The van der Waals surface area contributed by atoms with Crippen molar-refractivity contribution < 1.29 is 14.4 Å². The molecule has 0 aliphatic carbocycles. The van der Waals surface area contributed by atoms with Crippen LogP contribution in [-0.4, -0.2) is 52.0 Å². The van der Waals surface area contributed by atoms with Gasteiger partial charge in [0.2, 0.25) is 5.91 Å². The highest BCUT2D eigenvalue weighted by Gasteiger charge is 2.46. The molecule has 112 valence electrons. The number of hydrogen-bond acceptors (Lipinski definition) is 4. The predicted octanol–water partition coefficient (Wildman–Crippen LogP) is 1.24. The van der Waals surface area contributed by atoms with Gasteiger partial charge in [0.15, 0.2) is 0 Å². The van der Waals surface area contributed by atoms with Gasteiger partial charge < -0.3 is 4.90 Å². The lowest BCUT2D eigenvalue weighted by Gasteiger charge is -2.37. The summed E-state index contributed by atoms with van der Waals surface area (Å²) in [4.78, 5) is 35.8. The molecular formula is C15H19N3O3. The number of piperidine rings is 1. The van der Waals surface area contributed by atoms with Gasteiger partial charge in [-0.2, -0.15) is 0 Å². The molecule has 1 spiro atoms. The molecule has 1 aromatic rings. The Hall–Kier alpha value is -1.95. The quantitative estimate of drug-likeness (QED) is 0.822. The first-order valence-corrected chi connectivity index (χ1v) is 7.32. The van der Waals surface area contributed by atoms with Crippen LogP contribution >= 0.6 is 0 Å². The van der Waals surface area contributed by atoms with Crippen molar-refractivity contribution in [3.8, 4) is 0 Å². The topological polar surface area (TPSA) is 62.7 Å². The lowest BCUT2D eigenvalue weighted by atomic mass is 9.88. The molecule has 3 heterocycles. The Morgan fingerprint density at radius 3 is 2.76 bits per heavy atom. The van der Waals surface area contributed by atoms with Crippen LogP contribution in [0.4, 0.5) is 0 Å². The fourth-order valence-electron chi connectivity index (χ4n) is 2.98. The Bertz CT molecular complexity index is 538. The van der Waals surface area contributed by atoms with E-state index < -0.39 is 5.60 Å². The van der Waals surface area contributed by atoms with Crippen molar-refractivity contribution in [3.05, 3.63) is 30.1 Å². The molecule has 1 aromatic heterocycles. The van der Waals surface area contributed by atoms with Gasteiger partial charge in [0.1, 0.15) is 5.60 Å². The summed E-state index contributed by atoms with van der Waals surface area (Å²) >= 11 is 0. The number of hydrogen-bond donors (Lipinski definition) is 0. The van der Waals surface area contributed by atoms with Crippen molar-refractivity contribution in [2.24, 2.45) is 0 Å². The number of hydroxylamine groups is 2. The smallest absolute Gasteiger partial charge is 0.255 e. The standard InChI is InChI=1S/C15H19N3O3/c1-2-18-13(19)10-15(21-18)5-8-17(9-6-15)14(20)12-4-3-7-16-11-12/h3-4,7,11H,2,5-6,8-10H2,1H3. The highest BCUT2D eigenvalue weighted by molar-refractivity contribution is 5.94. The fraction of sp³-hybridized carbons (Fsp3) is 0.533. The zero-order valence-corrected chi connectivity index (χ0v) is 12.1. The van der Waals surface area contributed by atoms with Gasteiger partial charge >= 0.3 is 0 Å². The maximum Gasteiger partial charge on any atom is 0.255 e. The molecule has 0 unspecified atom stereocenters. The van der Waals surface area contributed by atoms with E-state index in [1.165, 1.54) is 5.06 Å². The van der Waals surface area contributed by atoms with Crippen LogP contribution in [0.1, 0.15) is 36.5 Å². The summed E-state index contributed by atoms with van der Waals surface area (Å²) in [6.07, 6.45) is 5.05. The van der Waals surface area contributed by atoms with E-state index in [9.17, 15) is 9.59 Å². The first-order valence-electron chi connectivity index (χ1n) is 7.32. The minimum Gasteiger partial charge on any atom is -0.338 e. The van der Waals surface area contributed by atoms with Crippen molar-refractivity contribution in [1.29, 1.82) is 0 Å². The highest BCUT2D eigenvalue weighted by atomic mass is 16.7. The first-order chi connectivity index (χ1) is 10.1. The molecule has 21 heavy (non-hydrogen) atoms. The molecule has 0 atom stereocenters.